The number of hydrogen-bond acceptors (Lipinski definition) is 4. The molecule has 8 aromatic rings. The second-order valence-electron chi connectivity index (χ2n) is 17.7. The molecule has 278 valence electrons. The van der Waals surface area contributed by atoms with Crippen molar-refractivity contribution < 1.29 is 5.11 Å². The van der Waals surface area contributed by atoms with Gasteiger partial charge in [-0.3, -0.25) is 9.55 Å². The Hall–Kier alpha value is -5.26. The molecule has 0 aliphatic rings. The molecule has 8 rings (SSSR count). The number of aromatic nitrogens is 3. The third-order valence-corrected chi connectivity index (χ3v) is 12.1. The number of benzene rings is 5. The lowest BCUT2D eigenvalue weighted by Crippen LogP contribution is -2.17. The molecule has 55 heavy (non-hydrogen) atoms. The number of para-hydroxylation sites is 2. The van der Waals surface area contributed by atoms with E-state index in [1.54, 1.807) is 0 Å². The van der Waals surface area contributed by atoms with Crippen LogP contribution in [0.3, 0.4) is 0 Å². The molecule has 5 heteroatoms. The number of pyridine rings is 1. The van der Waals surface area contributed by atoms with E-state index in [2.05, 4.69) is 165 Å². The van der Waals surface area contributed by atoms with E-state index >= 15 is 0 Å². The zero-order valence-corrected chi connectivity index (χ0v) is 34.6. The highest BCUT2D eigenvalue weighted by Gasteiger charge is 2.30. The largest absolute Gasteiger partial charge is 0.507 e. The van der Waals surface area contributed by atoms with E-state index in [1.165, 1.54) is 36.9 Å². The maximum atomic E-state index is 12.4. The number of nitrogens with zero attached hydrogens (tertiary/aromatic N) is 3. The fraction of sp³-hybridized carbons (Fsp3) is 0.280. The molecule has 5 aromatic carbocycles. The van der Waals surface area contributed by atoms with Crippen LogP contribution in [0.15, 0.2) is 109 Å². The van der Waals surface area contributed by atoms with Crippen LogP contribution in [0.2, 0.25) is 0 Å². The van der Waals surface area contributed by atoms with Crippen LogP contribution < -0.4 is 0 Å². The third-order valence-electron chi connectivity index (χ3n) is 11.0. The fourth-order valence-electron chi connectivity index (χ4n) is 8.05. The first-order chi connectivity index (χ1) is 26.1. The van der Waals surface area contributed by atoms with Crippen LogP contribution >= 0.6 is 11.3 Å². The van der Waals surface area contributed by atoms with Crippen molar-refractivity contribution in [3.8, 4) is 45.2 Å². The van der Waals surface area contributed by atoms with Gasteiger partial charge < -0.3 is 5.11 Å². The number of thiophene rings is 1. The Labute approximate surface area is 329 Å². The summed E-state index contributed by atoms with van der Waals surface area (Å²) < 4.78 is 4.83. The minimum Gasteiger partial charge on any atom is -0.507 e. The van der Waals surface area contributed by atoms with Crippen LogP contribution in [0.1, 0.15) is 103 Å². The number of hydrogen-bond donors (Lipinski definition) is 1. The quantitative estimate of drug-likeness (QED) is 0.185. The van der Waals surface area contributed by atoms with Crippen molar-refractivity contribution in [2.75, 3.05) is 0 Å². The molecule has 0 aliphatic heterocycles. The summed E-state index contributed by atoms with van der Waals surface area (Å²) in [7, 11) is 0. The van der Waals surface area contributed by atoms with Crippen molar-refractivity contribution in [3.05, 3.63) is 132 Å². The van der Waals surface area contributed by atoms with Gasteiger partial charge in [0.05, 0.1) is 28.0 Å². The van der Waals surface area contributed by atoms with E-state index in [9.17, 15) is 5.11 Å². The molecule has 0 spiro atoms. The van der Waals surface area contributed by atoms with E-state index in [1.807, 2.05) is 29.7 Å². The Morgan fingerprint density at radius 3 is 2.00 bits per heavy atom. The van der Waals surface area contributed by atoms with Crippen molar-refractivity contribution in [1.29, 1.82) is 0 Å². The first-order valence-electron chi connectivity index (χ1n) is 19.5. The lowest BCUT2D eigenvalue weighted by atomic mass is 9.79. The van der Waals surface area contributed by atoms with Crippen molar-refractivity contribution in [1.82, 2.24) is 14.5 Å². The zero-order chi connectivity index (χ0) is 39.0. The lowest BCUT2D eigenvalue weighted by molar-refractivity contribution is 0.446. The van der Waals surface area contributed by atoms with Crippen LogP contribution in [-0.4, -0.2) is 19.6 Å². The summed E-state index contributed by atoms with van der Waals surface area (Å²) in [4.78, 5) is 10.5. The lowest BCUT2D eigenvalue weighted by Gasteiger charge is -2.28. The number of rotatable bonds is 6. The maximum absolute atomic E-state index is 12.4. The second kappa shape index (κ2) is 13.5. The van der Waals surface area contributed by atoms with Gasteiger partial charge in [0.1, 0.15) is 11.6 Å². The predicted octanol–water partition coefficient (Wildman–Crippen LogP) is 14.3. The Kier molecular flexibility index (Phi) is 9.00. The Balaban J connectivity index is 1.56. The molecule has 1 N–H and O–H groups in total. The Morgan fingerprint density at radius 1 is 0.655 bits per heavy atom. The Bertz CT molecular complexity index is 2710. The van der Waals surface area contributed by atoms with Crippen LogP contribution in [-0.2, 0) is 10.8 Å². The van der Waals surface area contributed by atoms with E-state index in [4.69, 9.17) is 9.97 Å². The highest BCUT2D eigenvalue weighted by atomic mass is 32.1. The minimum atomic E-state index is -0.293. The first kappa shape index (κ1) is 36.7. The van der Waals surface area contributed by atoms with Gasteiger partial charge in [-0.15, -0.1) is 11.3 Å². The van der Waals surface area contributed by atoms with E-state index in [0.717, 1.165) is 56.1 Å². The summed E-state index contributed by atoms with van der Waals surface area (Å²) in [6, 6.07) is 37.1. The van der Waals surface area contributed by atoms with Gasteiger partial charge in [0.2, 0.25) is 0 Å². The summed E-state index contributed by atoms with van der Waals surface area (Å²) in [5.41, 5.74) is 12.1. The first-order valence-corrected chi connectivity index (χ1v) is 20.3. The molecule has 0 saturated heterocycles. The molecule has 3 aromatic heterocycles. The standard InChI is InChI=1S/C50H51N3OS/c1-29(2)33-18-15-19-34(30(3)4)46(33)53-41-22-16-20-35(45(41)52-48(53)38-27-32(49(5,6)7)28-39(47(38)54)50(8,9)10)37-25-31(40-21-13-14-24-51-40)26-43-44(37)36-17-11-12-23-42(36)55-43/h11-30,54H,1-10H3. The third kappa shape index (κ3) is 6.33. The van der Waals surface area contributed by atoms with Gasteiger partial charge in [0.25, 0.3) is 0 Å². The summed E-state index contributed by atoms with van der Waals surface area (Å²) in [6.45, 7) is 22.3. The molecular weight excluding hydrogens is 691 g/mol. The minimum absolute atomic E-state index is 0.152. The molecule has 0 aliphatic carbocycles. The molecular formula is C50H51N3OS. The van der Waals surface area contributed by atoms with Crippen LogP contribution in [0.25, 0.3) is 70.7 Å². The SMILES string of the molecule is CC(C)c1cccc(C(C)C)c1-n1c(-c2cc(C(C)(C)C)cc(C(C)(C)C)c2O)nc2c(-c3cc(-c4ccccn4)cc4sc5ccccc5c34)cccc21. The summed E-state index contributed by atoms with van der Waals surface area (Å²) >= 11 is 1.82. The number of imidazole rings is 1. The van der Waals surface area contributed by atoms with E-state index in [0.29, 0.717) is 0 Å². The van der Waals surface area contributed by atoms with Crippen molar-refractivity contribution >= 4 is 42.5 Å². The molecule has 0 amide bonds. The molecule has 0 fully saturated rings. The fourth-order valence-corrected chi connectivity index (χ4v) is 9.22. The highest BCUT2D eigenvalue weighted by molar-refractivity contribution is 7.26. The summed E-state index contributed by atoms with van der Waals surface area (Å²) in [5, 5.41) is 14.9. The summed E-state index contributed by atoms with van der Waals surface area (Å²) in [5.74, 6) is 1.55. The average molecular weight is 742 g/mol. The number of phenols is 1. The molecule has 4 nitrogen and oxygen atoms in total. The van der Waals surface area contributed by atoms with Crippen LogP contribution in [0.5, 0.6) is 5.75 Å². The van der Waals surface area contributed by atoms with Crippen LogP contribution in [0, 0.1) is 0 Å². The smallest absolute Gasteiger partial charge is 0.149 e. The Morgan fingerprint density at radius 2 is 1.35 bits per heavy atom. The monoisotopic (exact) mass is 741 g/mol. The predicted molar refractivity (Wildman–Crippen MR) is 235 cm³/mol. The zero-order valence-electron chi connectivity index (χ0n) is 33.7. The molecule has 0 bridgehead atoms. The number of phenolic OH excluding ortho intramolecular Hbond substituents is 1. The topological polar surface area (TPSA) is 50.9 Å². The van der Waals surface area contributed by atoms with Crippen LogP contribution in [0.4, 0.5) is 0 Å². The van der Waals surface area contributed by atoms with Gasteiger partial charge in [-0.25, -0.2) is 4.98 Å². The molecule has 0 atom stereocenters. The van der Waals surface area contributed by atoms with Gasteiger partial charge in [0, 0.05) is 43.1 Å². The van der Waals surface area contributed by atoms with Gasteiger partial charge in [-0.1, -0.05) is 130 Å². The van der Waals surface area contributed by atoms with Gasteiger partial charge >= 0.3 is 0 Å². The van der Waals surface area contributed by atoms with Gasteiger partial charge in [0.15, 0.2) is 0 Å². The van der Waals surface area contributed by atoms with Crippen molar-refractivity contribution in [3.63, 3.8) is 0 Å². The van der Waals surface area contributed by atoms with Crippen molar-refractivity contribution in [2.24, 2.45) is 0 Å². The van der Waals surface area contributed by atoms with E-state index in [-0.39, 0.29) is 28.4 Å². The number of aromatic hydroxyl groups is 1. The summed E-state index contributed by atoms with van der Waals surface area (Å²) in [6.07, 6.45) is 1.86. The van der Waals surface area contributed by atoms with Gasteiger partial charge in [-0.2, -0.15) is 0 Å². The molecule has 0 radical (unpaired) electrons. The van der Waals surface area contributed by atoms with E-state index < -0.39 is 0 Å². The molecule has 0 saturated carbocycles. The normalized spacial score (nSPS) is 12.6. The molecule has 3 heterocycles. The van der Waals surface area contributed by atoms with Gasteiger partial charge in [-0.05, 0) is 87.4 Å². The average Bonchev–Trinajstić information content (AvgIpc) is 3.72. The molecule has 0 unspecified atom stereocenters. The second-order valence-corrected chi connectivity index (χ2v) is 18.8. The highest BCUT2D eigenvalue weighted by Crippen LogP contribution is 2.48. The number of fused-ring (bicyclic) bond motifs is 4. The van der Waals surface area contributed by atoms with Crippen molar-refractivity contribution in [2.45, 2.75) is 91.9 Å². The maximum Gasteiger partial charge on any atom is 0.149 e.